The molecule has 0 spiro atoms. The molecule has 3 heteroatoms. The van der Waals surface area contributed by atoms with E-state index in [1.807, 2.05) is 13.8 Å². The Morgan fingerprint density at radius 2 is 1.81 bits per heavy atom. The number of aliphatic hydroxyl groups is 1. The molecular weight excluding hydrogens is 204 g/mol. The lowest BCUT2D eigenvalue weighted by Gasteiger charge is -2.26. The van der Waals surface area contributed by atoms with Crippen molar-refractivity contribution < 1.29 is 14.6 Å². The van der Waals surface area contributed by atoms with E-state index in [9.17, 15) is 4.79 Å². The summed E-state index contributed by atoms with van der Waals surface area (Å²) in [7, 11) is 0. The second-order valence-electron chi connectivity index (χ2n) is 4.92. The van der Waals surface area contributed by atoms with Crippen molar-refractivity contribution in [3.05, 3.63) is 11.6 Å². The molecule has 0 aromatic rings. The maximum atomic E-state index is 11.3. The van der Waals surface area contributed by atoms with Gasteiger partial charge in [0.15, 0.2) is 0 Å². The Bertz CT molecular complexity index is 246. The molecule has 0 unspecified atom stereocenters. The number of aliphatic hydroxyl groups excluding tert-OH is 1. The number of hydrogen-bond acceptors (Lipinski definition) is 3. The van der Waals surface area contributed by atoms with Gasteiger partial charge in [0.05, 0.1) is 6.61 Å². The van der Waals surface area contributed by atoms with E-state index >= 15 is 0 Å². The van der Waals surface area contributed by atoms with Crippen LogP contribution in [0.1, 0.15) is 39.5 Å². The van der Waals surface area contributed by atoms with Crippen molar-refractivity contribution in [3.63, 3.8) is 0 Å². The van der Waals surface area contributed by atoms with Gasteiger partial charge in [-0.25, -0.2) is 4.79 Å². The molecule has 0 radical (unpaired) electrons. The number of rotatable bonds is 4. The quantitative estimate of drug-likeness (QED) is 0.591. The fourth-order valence-corrected chi connectivity index (χ4v) is 2.06. The van der Waals surface area contributed by atoms with Crippen LogP contribution in [-0.4, -0.2) is 24.3 Å². The van der Waals surface area contributed by atoms with Gasteiger partial charge in [-0.05, 0) is 51.4 Å². The Morgan fingerprint density at radius 1 is 1.25 bits per heavy atom. The Hall–Kier alpha value is -0.830. The van der Waals surface area contributed by atoms with Crippen molar-refractivity contribution in [2.75, 3.05) is 13.2 Å². The van der Waals surface area contributed by atoms with E-state index in [0.29, 0.717) is 25.0 Å². The number of carbonyl (C=O) groups is 1. The van der Waals surface area contributed by atoms with Crippen molar-refractivity contribution in [1.29, 1.82) is 0 Å². The number of hydrogen-bond donors (Lipinski definition) is 1. The van der Waals surface area contributed by atoms with Crippen molar-refractivity contribution in [2.45, 2.75) is 39.5 Å². The average Bonchev–Trinajstić information content (AvgIpc) is 2.26. The van der Waals surface area contributed by atoms with Gasteiger partial charge in [-0.15, -0.1) is 0 Å². The van der Waals surface area contributed by atoms with Crippen LogP contribution >= 0.6 is 0 Å². The smallest absolute Gasteiger partial charge is 0.330 e. The highest BCUT2D eigenvalue weighted by Crippen LogP contribution is 2.28. The summed E-state index contributed by atoms with van der Waals surface area (Å²) in [6.45, 7) is 4.59. The minimum absolute atomic E-state index is 0.232. The van der Waals surface area contributed by atoms with Gasteiger partial charge in [0.1, 0.15) is 0 Å². The lowest BCUT2D eigenvalue weighted by atomic mass is 9.83. The van der Waals surface area contributed by atoms with E-state index in [1.165, 1.54) is 6.08 Å². The van der Waals surface area contributed by atoms with Gasteiger partial charge in [0, 0.05) is 12.7 Å². The molecule has 1 saturated carbocycles. The molecule has 92 valence electrons. The molecule has 0 aromatic carbocycles. The second-order valence-corrected chi connectivity index (χ2v) is 4.92. The number of esters is 1. The van der Waals surface area contributed by atoms with E-state index in [-0.39, 0.29) is 5.97 Å². The molecule has 0 aromatic heterocycles. The zero-order valence-electron chi connectivity index (χ0n) is 10.2. The molecule has 16 heavy (non-hydrogen) atoms. The Kier molecular flexibility index (Phi) is 5.53. The highest BCUT2D eigenvalue weighted by molar-refractivity contribution is 5.82. The molecule has 0 amide bonds. The van der Waals surface area contributed by atoms with E-state index < -0.39 is 0 Å². The van der Waals surface area contributed by atoms with Gasteiger partial charge >= 0.3 is 5.97 Å². The maximum Gasteiger partial charge on any atom is 0.330 e. The third-order valence-electron chi connectivity index (χ3n) is 3.09. The van der Waals surface area contributed by atoms with E-state index in [2.05, 4.69) is 0 Å². The largest absolute Gasteiger partial charge is 0.462 e. The van der Waals surface area contributed by atoms with Gasteiger partial charge in [-0.2, -0.15) is 0 Å². The van der Waals surface area contributed by atoms with Crippen molar-refractivity contribution in [2.24, 2.45) is 11.8 Å². The van der Waals surface area contributed by atoms with E-state index in [1.54, 1.807) is 0 Å². The van der Waals surface area contributed by atoms with E-state index in [0.717, 1.165) is 31.3 Å². The van der Waals surface area contributed by atoms with Crippen LogP contribution in [-0.2, 0) is 9.53 Å². The summed E-state index contributed by atoms with van der Waals surface area (Å²) in [5.41, 5.74) is 0.967. The van der Waals surface area contributed by atoms with Crippen LogP contribution in [0.3, 0.4) is 0 Å². The molecule has 1 fully saturated rings. The highest BCUT2D eigenvalue weighted by atomic mass is 16.5. The molecular formula is C13H22O3. The first-order valence-electron chi connectivity index (χ1n) is 6.04. The standard InChI is InChI=1S/C13H22O3/c1-10(2)7-13(15)16-9-12-5-3-11(8-14)4-6-12/h7,11-12,14H,3-6,8-9H2,1-2H3. The molecule has 1 rings (SSSR count). The summed E-state index contributed by atoms with van der Waals surface area (Å²) in [5.74, 6) is 0.714. The average molecular weight is 226 g/mol. The number of carbonyl (C=O) groups excluding carboxylic acids is 1. The molecule has 0 atom stereocenters. The van der Waals surface area contributed by atoms with Gasteiger partial charge in [-0.3, -0.25) is 0 Å². The minimum atomic E-state index is -0.232. The van der Waals surface area contributed by atoms with Crippen molar-refractivity contribution >= 4 is 5.97 Å². The van der Waals surface area contributed by atoms with Crippen LogP contribution in [0.5, 0.6) is 0 Å². The summed E-state index contributed by atoms with van der Waals surface area (Å²) in [6, 6.07) is 0. The zero-order valence-corrected chi connectivity index (χ0v) is 10.2. The van der Waals surface area contributed by atoms with Crippen LogP contribution in [0.25, 0.3) is 0 Å². The molecule has 0 aliphatic heterocycles. The molecule has 0 bridgehead atoms. The van der Waals surface area contributed by atoms with Gasteiger partial charge < -0.3 is 9.84 Å². The monoisotopic (exact) mass is 226 g/mol. The lowest BCUT2D eigenvalue weighted by molar-refractivity contribution is -0.139. The topological polar surface area (TPSA) is 46.5 Å². The first-order chi connectivity index (χ1) is 7.61. The molecule has 3 nitrogen and oxygen atoms in total. The summed E-state index contributed by atoms with van der Waals surface area (Å²) >= 11 is 0. The van der Waals surface area contributed by atoms with Gasteiger partial charge in [-0.1, -0.05) is 5.57 Å². The summed E-state index contributed by atoms with van der Waals surface area (Å²) < 4.78 is 5.18. The third-order valence-corrected chi connectivity index (χ3v) is 3.09. The fraction of sp³-hybridized carbons (Fsp3) is 0.769. The summed E-state index contributed by atoms with van der Waals surface area (Å²) in [4.78, 5) is 11.3. The van der Waals surface area contributed by atoms with Crippen LogP contribution in [0.4, 0.5) is 0 Å². The Labute approximate surface area is 97.5 Å². The Morgan fingerprint density at radius 3 is 2.31 bits per heavy atom. The summed E-state index contributed by atoms with van der Waals surface area (Å²) in [6.07, 6.45) is 5.77. The first kappa shape index (κ1) is 13.2. The third kappa shape index (κ3) is 4.79. The second kappa shape index (κ2) is 6.69. The summed E-state index contributed by atoms with van der Waals surface area (Å²) in [5, 5.41) is 9.00. The van der Waals surface area contributed by atoms with Gasteiger partial charge in [0.25, 0.3) is 0 Å². The van der Waals surface area contributed by atoms with Crippen LogP contribution in [0.2, 0.25) is 0 Å². The van der Waals surface area contributed by atoms with Crippen molar-refractivity contribution in [1.82, 2.24) is 0 Å². The number of allylic oxidation sites excluding steroid dienone is 1. The zero-order chi connectivity index (χ0) is 12.0. The molecule has 0 heterocycles. The predicted molar refractivity (Wildman–Crippen MR) is 62.9 cm³/mol. The SMILES string of the molecule is CC(C)=CC(=O)OCC1CCC(CO)CC1. The van der Waals surface area contributed by atoms with Crippen LogP contribution in [0, 0.1) is 11.8 Å². The number of ether oxygens (including phenoxy) is 1. The van der Waals surface area contributed by atoms with Crippen LogP contribution < -0.4 is 0 Å². The normalized spacial score (nSPS) is 24.9. The van der Waals surface area contributed by atoms with Crippen LogP contribution in [0.15, 0.2) is 11.6 Å². The Balaban J connectivity index is 2.20. The minimum Gasteiger partial charge on any atom is -0.462 e. The molecule has 0 saturated heterocycles. The molecule has 1 aliphatic rings. The molecule has 1 aliphatic carbocycles. The van der Waals surface area contributed by atoms with E-state index in [4.69, 9.17) is 9.84 Å². The highest BCUT2D eigenvalue weighted by Gasteiger charge is 2.21. The van der Waals surface area contributed by atoms with Gasteiger partial charge in [0.2, 0.25) is 0 Å². The first-order valence-corrected chi connectivity index (χ1v) is 6.04. The molecule has 1 N–H and O–H groups in total. The van der Waals surface area contributed by atoms with Crippen molar-refractivity contribution in [3.8, 4) is 0 Å². The fourth-order valence-electron chi connectivity index (χ4n) is 2.06. The lowest BCUT2D eigenvalue weighted by Crippen LogP contribution is -2.21. The maximum absolute atomic E-state index is 11.3. The predicted octanol–water partition coefficient (Wildman–Crippen LogP) is 2.29.